The number of benzene rings is 1. The first-order valence-electron chi connectivity index (χ1n) is 7.09. The average molecular weight is 366 g/mol. The third kappa shape index (κ3) is 4.44. The number of amides is 1. The van der Waals surface area contributed by atoms with Gasteiger partial charge in [0, 0.05) is 24.6 Å². The smallest absolute Gasteiger partial charge is 0.279 e. The normalized spacial score (nSPS) is 10.4. The van der Waals surface area contributed by atoms with Gasteiger partial charge in [0.25, 0.3) is 17.3 Å². The molecular formula is C13H14N6O5S. The van der Waals surface area contributed by atoms with Crippen LogP contribution >= 0.6 is 11.3 Å². The molecule has 0 saturated carbocycles. The molecule has 0 aliphatic rings. The van der Waals surface area contributed by atoms with Crippen LogP contribution in [0.1, 0.15) is 27.3 Å². The molecule has 0 radical (unpaired) electrons. The van der Waals surface area contributed by atoms with Crippen LogP contribution in [-0.2, 0) is 6.42 Å². The van der Waals surface area contributed by atoms with E-state index in [1.165, 1.54) is 18.3 Å². The highest BCUT2D eigenvalue weighted by Crippen LogP contribution is 2.27. The molecule has 0 atom stereocenters. The Kier molecular flexibility index (Phi) is 5.54. The Morgan fingerprint density at radius 2 is 2.00 bits per heavy atom. The van der Waals surface area contributed by atoms with Gasteiger partial charge >= 0.3 is 0 Å². The lowest BCUT2D eigenvalue weighted by molar-refractivity contribution is -0.394. The Balaban J connectivity index is 2.07. The van der Waals surface area contributed by atoms with Crippen LogP contribution in [0.25, 0.3) is 0 Å². The topological polar surface area (TPSA) is 167 Å². The molecular weight excluding hydrogens is 352 g/mol. The summed E-state index contributed by atoms with van der Waals surface area (Å²) in [5.41, 5.74) is 4.47. The Bertz CT molecular complexity index is 836. The van der Waals surface area contributed by atoms with Gasteiger partial charge in [-0.2, -0.15) is 0 Å². The maximum Gasteiger partial charge on any atom is 0.279 e. The zero-order chi connectivity index (χ0) is 18.6. The number of nitrogens with one attached hydrogen (secondary N) is 1. The lowest BCUT2D eigenvalue weighted by Crippen LogP contribution is -2.26. The first kappa shape index (κ1) is 18.2. The summed E-state index contributed by atoms with van der Waals surface area (Å²) in [4.78, 5) is 32.6. The Labute approximate surface area is 145 Å². The second kappa shape index (κ2) is 7.61. The zero-order valence-electron chi connectivity index (χ0n) is 13.1. The van der Waals surface area contributed by atoms with Crippen molar-refractivity contribution in [2.24, 2.45) is 0 Å². The highest BCUT2D eigenvalue weighted by Gasteiger charge is 2.24. The van der Waals surface area contributed by atoms with Gasteiger partial charge in [-0.15, -0.1) is 10.2 Å². The first-order chi connectivity index (χ1) is 11.8. The van der Waals surface area contributed by atoms with E-state index in [4.69, 9.17) is 5.73 Å². The number of nitrogen functional groups attached to an aromatic ring is 1. The summed E-state index contributed by atoms with van der Waals surface area (Å²) in [6, 6.07) is 1.87. The lowest BCUT2D eigenvalue weighted by Gasteiger charge is -2.08. The van der Waals surface area contributed by atoms with Gasteiger partial charge in [-0.1, -0.05) is 11.3 Å². The molecule has 0 bridgehead atoms. The molecule has 1 heterocycles. The van der Waals surface area contributed by atoms with Crippen molar-refractivity contribution in [1.29, 1.82) is 0 Å². The van der Waals surface area contributed by atoms with Crippen LogP contribution in [-0.4, -0.2) is 32.5 Å². The van der Waals surface area contributed by atoms with Gasteiger partial charge in [0.2, 0.25) is 5.13 Å². The van der Waals surface area contributed by atoms with Gasteiger partial charge in [-0.3, -0.25) is 25.0 Å². The molecule has 132 valence electrons. The number of nitrogens with two attached hydrogens (primary N) is 1. The summed E-state index contributed by atoms with van der Waals surface area (Å²) >= 11 is 1.25. The molecule has 0 aliphatic heterocycles. The summed E-state index contributed by atoms with van der Waals surface area (Å²) in [6.45, 7) is 1.65. The molecule has 2 rings (SSSR count). The second-order valence-electron chi connectivity index (χ2n) is 5.05. The van der Waals surface area contributed by atoms with E-state index in [0.717, 1.165) is 17.1 Å². The second-order valence-corrected chi connectivity index (χ2v) is 6.14. The van der Waals surface area contributed by atoms with Gasteiger partial charge in [0.05, 0.1) is 21.5 Å². The van der Waals surface area contributed by atoms with Gasteiger partial charge in [-0.25, -0.2) is 0 Å². The van der Waals surface area contributed by atoms with Crippen molar-refractivity contribution in [2.75, 3.05) is 12.3 Å². The van der Waals surface area contributed by atoms with E-state index in [0.29, 0.717) is 18.0 Å². The van der Waals surface area contributed by atoms with E-state index in [1.807, 2.05) is 0 Å². The Hall–Kier alpha value is -3.15. The van der Waals surface area contributed by atoms with Crippen LogP contribution in [0.15, 0.2) is 12.1 Å². The minimum atomic E-state index is -0.775. The quantitative estimate of drug-likeness (QED) is 0.423. The van der Waals surface area contributed by atoms with Crippen LogP contribution < -0.4 is 11.1 Å². The summed E-state index contributed by atoms with van der Waals surface area (Å²) < 4.78 is 0. The number of nitro groups is 2. The summed E-state index contributed by atoms with van der Waals surface area (Å²) in [7, 11) is 0. The van der Waals surface area contributed by atoms with E-state index in [1.54, 1.807) is 0 Å². The first-order valence-corrected chi connectivity index (χ1v) is 7.90. The SMILES string of the molecule is Cc1c(C(=O)NCCCc2nnc(N)s2)cc([N+](=O)[O-])cc1[N+](=O)[O-]. The fourth-order valence-corrected chi connectivity index (χ4v) is 2.77. The molecule has 0 unspecified atom stereocenters. The minimum absolute atomic E-state index is 0.0741. The summed E-state index contributed by atoms with van der Waals surface area (Å²) in [5.74, 6) is -0.610. The number of non-ortho nitro benzene ring substituents is 1. The number of carbonyl (C=O) groups is 1. The van der Waals surface area contributed by atoms with Crippen molar-refractivity contribution < 1.29 is 14.6 Å². The number of aromatic nitrogens is 2. The lowest BCUT2D eigenvalue weighted by atomic mass is 10.0. The van der Waals surface area contributed by atoms with Crippen molar-refractivity contribution in [3.05, 3.63) is 48.5 Å². The Morgan fingerprint density at radius 1 is 1.28 bits per heavy atom. The number of nitrogens with zero attached hydrogens (tertiary/aromatic N) is 4. The van der Waals surface area contributed by atoms with Gasteiger partial charge < -0.3 is 11.1 Å². The van der Waals surface area contributed by atoms with Crippen LogP contribution in [0.2, 0.25) is 0 Å². The third-order valence-electron chi connectivity index (χ3n) is 3.35. The van der Waals surface area contributed by atoms with Gasteiger partial charge in [0.15, 0.2) is 0 Å². The highest BCUT2D eigenvalue weighted by atomic mass is 32.1. The molecule has 0 aliphatic carbocycles. The standard InChI is InChI=1S/C13H14N6O5S/c1-7-9(5-8(18(21)22)6-10(7)19(23)24)12(20)15-4-2-3-11-16-17-13(14)25-11/h5-6H,2-4H2,1H3,(H2,14,17)(H,15,20). The van der Waals surface area contributed by atoms with Crippen molar-refractivity contribution >= 4 is 33.8 Å². The van der Waals surface area contributed by atoms with Crippen molar-refractivity contribution in [3.63, 3.8) is 0 Å². The number of hydrogen-bond donors (Lipinski definition) is 2. The van der Waals surface area contributed by atoms with Crippen LogP contribution in [0.4, 0.5) is 16.5 Å². The predicted molar refractivity (Wildman–Crippen MR) is 89.5 cm³/mol. The van der Waals surface area contributed by atoms with E-state index in [9.17, 15) is 25.0 Å². The third-order valence-corrected chi connectivity index (χ3v) is 4.16. The maximum atomic E-state index is 12.2. The molecule has 12 heteroatoms. The summed E-state index contributed by atoms with van der Waals surface area (Å²) in [5, 5.41) is 33.1. The minimum Gasteiger partial charge on any atom is -0.374 e. The monoisotopic (exact) mass is 366 g/mol. The number of anilines is 1. The number of carbonyl (C=O) groups excluding carboxylic acids is 1. The van der Waals surface area contributed by atoms with Gasteiger partial charge in [0.1, 0.15) is 5.01 Å². The van der Waals surface area contributed by atoms with Crippen LogP contribution in [0, 0.1) is 27.2 Å². The molecule has 1 aromatic carbocycles. The molecule has 0 spiro atoms. The molecule has 0 saturated heterocycles. The molecule has 2 aromatic rings. The van der Waals surface area contributed by atoms with E-state index >= 15 is 0 Å². The number of hydrogen-bond acceptors (Lipinski definition) is 9. The van der Waals surface area contributed by atoms with Crippen molar-refractivity contribution in [1.82, 2.24) is 15.5 Å². The molecule has 1 amide bonds. The van der Waals surface area contributed by atoms with Crippen LogP contribution in [0.3, 0.4) is 0 Å². The number of aryl methyl sites for hydroxylation is 1. The molecule has 3 N–H and O–H groups in total. The van der Waals surface area contributed by atoms with Crippen molar-refractivity contribution in [2.45, 2.75) is 19.8 Å². The van der Waals surface area contributed by atoms with Crippen LogP contribution in [0.5, 0.6) is 0 Å². The molecule has 1 aromatic heterocycles. The van der Waals surface area contributed by atoms with Crippen molar-refractivity contribution in [3.8, 4) is 0 Å². The largest absolute Gasteiger partial charge is 0.374 e. The Morgan fingerprint density at radius 3 is 2.56 bits per heavy atom. The number of rotatable bonds is 7. The predicted octanol–water partition coefficient (Wildman–Crippen LogP) is 1.61. The fraction of sp³-hybridized carbons (Fsp3) is 0.308. The van der Waals surface area contributed by atoms with E-state index < -0.39 is 27.1 Å². The fourth-order valence-electron chi connectivity index (χ4n) is 2.12. The van der Waals surface area contributed by atoms with E-state index in [2.05, 4.69) is 15.5 Å². The maximum absolute atomic E-state index is 12.2. The molecule has 25 heavy (non-hydrogen) atoms. The average Bonchev–Trinajstić information content (AvgIpc) is 2.96. The molecule has 11 nitrogen and oxygen atoms in total. The highest BCUT2D eigenvalue weighted by molar-refractivity contribution is 7.15. The van der Waals surface area contributed by atoms with Gasteiger partial charge in [-0.05, 0) is 13.3 Å². The van der Waals surface area contributed by atoms with E-state index in [-0.39, 0.29) is 17.7 Å². The summed E-state index contributed by atoms with van der Waals surface area (Å²) in [6.07, 6.45) is 1.11. The number of nitro benzene ring substituents is 2. The molecule has 0 fully saturated rings. The zero-order valence-corrected chi connectivity index (χ0v) is 13.9.